The Bertz CT molecular complexity index is 146. The first kappa shape index (κ1) is 12.8. The summed E-state index contributed by atoms with van der Waals surface area (Å²) in [6.07, 6.45) is 0.0289. The molecule has 1 rings (SSSR count). The van der Waals surface area contributed by atoms with Crippen molar-refractivity contribution in [3.63, 3.8) is 0 Å². The van der Waals surface area contributed by atoms with E-state index in [1.165, 1.54) is 0 Å². The van der Waals surface area contributed by atoms with Crippen molar-refractivity contribution in [2.75, 3.05) is 13.6 Å². The third-order valence-corrected chi connectivity index (χ3v) is 2.32. The predicted octanol–water partition coefficient (Wildman–Crippen LogP) is 3.01. The molecule has 1 unspecified atom stereocenters. The van der Waals surface area contributed by atoms with Gasteiger partial charge in [-0.25, -0.2) is 8.78 Å². The van der Waals surface area contributed by atoms with Crippen LogP contribution in [-0.4, -0.2) is 30.5 Å². The molecule has 1 atom stereocenters. The van der Waals surface area contributed by atoms with E-state index in [0.717, 1.165) is 0 Å². The van der Waals surface area contributed by atoms with Gasteiger partial charge in [0.2, 0.25) is 0 Å². The van der Waals surface area contributed by atoms with E-state index >= 15 is 0 Å². The standard InChI is InChI=1S/C8H15F2N.C2H6/c1-6(2)7-4-8(9,10)5-11(7)3;1-2/h6-7H,4-5H2,1-3H3;1-2H3. The van der Waals surface area contributed by atoms with Crippen LogP contribution < -0.4 is 0 Å². The second-order valence-corrected chi connectivity index (χ2v) is 3.79. The highest BCUT2D eigenvalue weighted by atomic mass is 19.3. The van der Waals surface area contributed by atoms with Gasteiger partial charge in [0, 0.05) is 12.5 Å². The molecule has 1 nitrogen and oxygen atoms in total. The Balaban J connectivity index is 0.000000671. The second kappa shape index (κ2) is 4.89. The zero-order chi connectivity index (χ0) is 10.6. The minimum atomic E-state index is -2.45. The van der Waals surface area contributed by atoms with Crippen molar-refractivity contribution in [1.82, 2.24) is 4.90 Å². The summed E-state index contributed by atoms with van der Waals surface area (Å²) in [5, 5.41) is 0. The molecule has 1 fully saturated rings. The van der Waals surface area contributed by atoms with Gasteiger partial charge in [-0.3, -0.25) is 4.90 Å². The summed E-state index contributed by atoms with van der Waals surface area (Å²) in [7, 11) is 1.77. The summed E-state index contributed by atoms with van der Waals surface area (Å²) < 4.78 is 25.5. The monoisotopic (exact) mass is 193 g/mol. The Hall–Kier alpha value is -0.180. The first-order chi connectivity index (χ1) is 5.92. The maximum Gasteiger partial charge on any atom is 0.262 e. The summed E-state index contributed by atoms with van der Waals surface area (Å²) >= 11 is 0. The van der Waals surface area contributed by atoms with Gasteiger partial charge < -0.3 is 0 Å². The molecule has 0 spiro atoms. The number of likely N-dealkylation sites (tertiary alicyclic amines) is 1. The Labute approximate surface area is 80.1 Å². The molecule has 1 saturated heterocycles. The Morgan fingerprint density at radius 2 is 1.77 bits per heavy atom. The Morgan fingerprint density at radius 3 is 1.92 bits per heavy atom. The summed E-state index contributed by atoms with van der Waals surface area (Å²) in [5.74, 6) is -2.13. The molecule has 0 N–H and O–H groups in total. The normalized spacial score (nSPS) is 27.2. The third kappa shape index (κ3) is 3.59. The number of halogens is 2. The van der Waals surface area contributed by atoms with Crippen LogP contribution in [0.2, 0.25) is 0 Å². The first-order valence-electron chi connectivity index (χ1n) is 5.00. The zero-order valence-corrected chi connectivity index (χ0v) is 9.27. The maximum absolute atomic E-state index is 12.8. The van der Waals surface area contributed by atoms with Crippen LogP contribution in [0.5, 0.6) is 0 Å². The highest BCUT2D eigenvalue weighted by Gasteiger charge is 2.43. The maximum atomic E-state index is 12.8. The fourth-order valence-electron chi connectivity index (χ4n) is 1.75. The molecule has 0 aliphatic carbocycles. The molecule has 3 heteroatoms. The summed E-state index contributed by atoms with van der Waals surface area (Å²) in [6.45, 7) is 7.90. The van der Waals surface area contributed by atoms with Crippen molar-refractivity contribution in [1.29, 1.82) is 0 Å². The van der Waals surface area contributed by atoms with Crippen molar-refractivity contribution >= 4 is 0 Å². The largest absolute Gasteiger partial charge is 0.297 e. The summed E-state index contributed by atoms with van der Waals surface area (Å²) in [4.78, 5) is 1.75. The number of hydrogen-bond donors (Lipinski definition) is 0. The fraction of sp³-hybridized carbons (Fsp3) is 1.00. The number of rotatable bonds is 1. The lowest BCUT2D eigenvalue weighted by Gasteiger charge is -2.21. The molecule has 0 saturated carbocycles. The van der Waals surface area contributed by atoms with Crippen LogP contribution in [0.15, 0.2) is 0 Å². The smallest absolute Gasteiger partial charge is 0.262 e. The third-order valence-electron chi connectivity index (χ3n) is 2.32. The molecule has 80 valence electrons. The van der Waals surface area contributed by atoms with E-state index in [1.54, 1.807) is 11.9 Å². The van der Waals surface area contributed by atoms with Gasteiger partial charge in [0.05, 0.1) is 6.54 Å². The van der Waals surface area contributed by atoms with E-state index in [0.29, 0.717) is 5.92 Å². The van der Waals surface area contributed by atoms with E-state index < -0.39 is 5.92 Å². The molecule has 1 aliphatic heterocycles. The van der Waals surface area contributed by atoms with E-state index in [2.05, 4.69) is 0 Å². The van der Waals surface area contributed by atoms with Crippen LogP contribution in [0.25, 0.3) is 0 Å². The van der Waals surface area contributed by atoms with Crippen LogP contribution in [0.1, 0.15) is 34.1 Å². The summed E-state index contributed by atoms with van der Waals surface area (Å²) in [6, 6.07) is 0.0602. The van der Waals surface area contributed by atoms with Crippen molar-refractivity contribution in [2.45, 2.75) is 46.1 Å². The van der Waals surface area contributed by atoms with Gasteiger partial charge in [0.15, 0.2) is 0 Å². The van der Waals surface area contributed by atoms with Crippen molar-refractivity contribution in [3.05, 3.63) is 0 Å². The topological polar surface area (TPSA) is 3.24 Å². The Kier molecular flexibility index (Phi) is 4.82. The van der Waals surface area contributed by atoms with E-state index in [4.69, 9.17) is 0 Å². The molecule has 0 amide bonds. The van der Waals surface area contributed by atoms with Crippen molar-refractivity contribution < 1.29 is 8.78 Å². The quantitative estimate of drug-likeness (QED) is 0.618. The molecule has 0 aromatic heterocycles. The first-order valence-corrected chi connectivity index (χ1v) is 5.00. The van der Waals surface area contributed by atoms with Gasteiger partial charge in [-0.05, 0) is 13.0 Å². The average Bonchev–Trinajstić information content (AvgIpc) is 2.29. The van der Waals surface area contributed by atoms with Crippen LogP contribution in [0.4, 0.5) is 8.78 Å². The minimum Gasteiger partial charge on any atom is -0.297 e. The fourth-order valence-corrected chi connectivity index (χ4v) is 1.75. The molecular weight excluding hydrogens is 172 g/mol. The molecule has 13 heavy (non-hydrogen) atoms. The molecule has 0 bridgehead atoms. The lowest BCUT2D eigenvalue weighted by Crippen LogP contribution is -2.29. The Morgan fingerprint density at radius 1 is 1.31 bits per heavy atom. The van der Waals surface area contributed by atoms with Crippen molar-refractivity contribution in [3.8, 4) is 0 Å². The molecule has 0 radical (unpaired) electrons. The molecule has 0 aromatic carbocycles. The lowest BCUT2D eigenvalue weighted by molar-refractivity contribution is 0.0137. The van der Waals surface area contributed by atoms with E-state index in [-0.39, 0.29) is 19.0 Å². The summed E-state index contributed by atoms with van der Waals surface area (Å²) in [5.41, 5.74) is 0. The van der Waals surface area contributed by atoms with Gasteiger partial charge in [-0.1, -0.05) is 27.7 Å². The number of nitrogens with zero attached hydrogens (tertiary/aromatic N) is 1. The van der Waals surface area contributed by atoms with Crippen LogP contribution in [0.3, 0.4) is 0 Å². The van der Waals surface area contributed by atoms with Crippen LogP contribution in [0, 0.1) is 5.92 Å². The highest BCUT2D eigenvalue weighted by molar-refractivity contribution is 4.89. The predicted molar refractivity (Wildman–Crippen MR) is 52.2 cm³/mol. The van der Waals surface area contributed by atoms with Crippen LogP contribution >= 0.6 is 0 Å². The molecule has 1 aliphatic rings. The van der Waals surface area contributed by atoms with Crippen molar-refractivity contribution in [2.24, 2.45) is 5.92 Å². The molecule has 1 heterocycles. The average molecular weight is 193 g/mol. The highest BCUT2D eigenvalue weighted by Crippen LogP contribution is 2.33. The van der Waals surface area contributed by atoms with Gasteiger partial charge >= 0.3 is 0 Å². The second-order valence-electron chi connectivity index (χ2n) is 3.79. The lowest BCUT2D eigenvalue weighted by atomic mass is 10.0. The number of alkyl halides is 2. The zero-order valence-electron chi connectivity index (χ0n) is 9.27. The van der Waals surface area contributed by atoms with Gasteiger partial charge in [-0.15, -0.1) is 0 Å². The molecular formula is C10H21F2N. The van der Waals surface area contributed by atoms with E-state index in [1.807, 2.05) is 27.7 Å². The van der Waals surface area contributed by atoms with Gasteiger partial charge in [-0.2, -0.15) is 0 Å². The van der Waals surface area contributed by atoms with Gasteiger partial charge in [0.1, 0.15) is 0 Å². The molecule has 0 aromatic rings. The SMILES string of the molecule is CC.CC(C)C1CC(F)(F)CN1C. The van der Waals surface area contributed by atoms with Crippen LogP contribution in [-0.2, 0) is 0 Å². The van der Waals surface area contributed by atoms with E-state index in [9.17, 15) is 8.78 Å². The number of hydrogen-bond acceptors (Lipinski definition) is 1. The van der Waals surface area contributed by atoms with Gasteiger partial charge in [0.25, 0.3) is 5.92 Å². The minimum absolute atomic E-state index is 0.0289.